The van der Waals surface area contributed by atoms with E-state index in [9.17, 15) is 15.3 Å². The van der Waals surface area contributed by atoms with Crippen molar-refractivity contribution in [1.82, 2.24) is 0 Å². The van der Waals surface area contributed by atoms with Crippen LogP contribution in [0.3, 0.4) is 0 Å². The fourth-order valence-corrected chi connectivity index (χ4v) is 9.86. The lowest BCUT2D eigenvalue weighted by atomic mass is 9.46. The molecule has 0 aromatic heterocycles. The fraction of sp³-hybridized carbons (Fsp3) is 0.879. The summed E-state index contributed by atoms with van der Waals surface area (Å²) in [7, 11) is 0. The van der Waals surface area contributed by atoms with E-state index in [1.165, 1.54) is 50.5 Å². The Morgan fingerprint density at radius 1 is 1.05 bits per heavy atom. The van der Waals surface area contributed by atoms with Gasteiger partial charge >= 0.3 is 0 Å². The Morgan fingerprint density at radius 2 is 1.84 bits per heavy atom. The SMILES string of the molecule is CC(C)CCC[C@@H](C)[C@H]1CC[C@H]2[C@@H]3CC=C4CC(O[C@@H]5C=C[C@H](O)[C@@H](CO)O5)CC(O)[C@]4(C)[C@H]3CC[C@]12C. The van der Waals surface area contributed by atoms with Crippen LogP contribution in [0.2, 0.25) is 0 Å². The molecule has 0 aromatic carbocycles. The van der Waals surface area contributed by atoms with Crippen LogP contribution in [0.15, 0.2) is 23.8 Å². The molecule has 2 unspecified atom stereocenters. The zero-order valence-electron chi connectivity index (χ0n) is 24.5. The lowest BCUT2D eigenvalue weighted by molar-refractivity contribution is -0.211. The number of rotatable bonds is 8. The van der Waals surface area contributed by atoms with E-state index in [-0.39, 0.29) is 18.1 Å². The zero-order valence-corrected chi connectivity index (χ0v) is 24.5. The second-order valence-electron chi connectivity index (χ2n) is 14.5. The van der Waals surface area contributed by atoms with E-state index in [1.807, 2.05) is 0 Å². The molecule has 5 aliphatic rings. The van der Waals surface area contributed by atoms with Gasteiger partial charge in [0.15, 0.2) is 6.29 Å². The van der Waals surface area contributed by atoms with Crippen LogP contribution in [0.1, 0.15) is 98.8 Å². The first-order valence-electron chi connectivity index (χ1n) is 15.7. The average Bonchev–Trinajstić information content (AvgIpc) is 3.23. The molecule has 1 aliphatic heterocycles. The van der Waals surface area contributed by atoms with Crippen LogP contribution in [0.25, 0.3) is 0 Å². The van der Waals surface area contributed by atoms with Gasteiger partial charge in [0.1, 0.15) is 12.2 Å². The summed E-state index contributed by atoms with van der Waals surface area (Å²) in [5, 5.41) is 31.1. The van der Waals surface area contributed by atoms with E-state index >= 15 is 0 Å². The average molecular weight is 531 g/mol. The van der Waals surface area contributed by atoms with Crippen molar-refractivity contribution in [3.8, 4) is 0 Å². The topological polar surface area (TPSA) is 79.2 Å². The van der Waals surface area contributed by atoms with E-state index in [2.05, 4.69) is 40.7 Å². The van der Waals surface area contributed by atoms with Crippen molar-refractivity contribution in [2.45, 2.75) is 130 Å². The van der Waals surface area contributed by atoms with Crippen LogP contribution >= 0.6 is 0 Å². The number of ether oxygens (including phenoxy) is 2. The first-order valence-corrected chi connectivity index (χ1v) is 15.7. The summed E-state index contributed by atoms with van der Waals surface area (Å²) < 4.78 is 12.0. The highest BCUT2D eigenvalue weighted by Gasteiger charge is 2.61. The molecule has 3 N–H and O–H groups in total. The normalized spacial score (nSPS) is 47.3. The maximum absolute atomic E-state index is 11.7. The molecule has 5 rings (SSSR count). The highest BCUT2D eigenvalue weighted by atomic mass is 16.7. The summed E-state index contributed by atoms with van der Waals surface area (Å²) in [5.74, 6) is 4.46. The summed E-state index contributed by atoms with van der Waals surface area (Å²) in [4.78, 5) is 0. The zero-order chi connectivity index (χ0) is 27.2. The molecule has 0 spiro atoms. The van der Waals surface area contributed by atoms with Gasteiger partial charge in [-0.25, -0.2) is 0 Å². The molecule has 3 fully saturated rings. The third-order valence-electron chi connectivity index (χ3n) is 12.0. The Bertz CT molecular complexity index is 883. The second kappa shape index (κ2) is 11.3. The van der Waals surface area contributed by atoms with Crippen LogP contribution in [-0.4, -0.2) is 52.6 Å². The van der Waals surface area contributed by atoms with E-state index in [0.717, 1.165) is 36.5 Å². The summed E-state index contributed by atoms with van der Waals surface area (Å²) in [5.41, 5.74) is 1.66. The van der Waals surface area contributed by atoms with Gasteiger partial charge in [0.2, 0.25) is 0 Å². The molecule has 0 radical (unpaired) electrons. The third-order valence-corrected chi connectivity index (χ3v) is 12.0. The van der Waals surface area contributed by atoms with Gasteiger partial charge < -0.3 is 24.8 Å². The molecule has 1 heterocycles. The van der Waals surface area contributed by atoms with Crippen molar-refractivity contribution in [3.05, 3.63) is 23.8 Å². The number of allylic oxidation sites excluding steroid dienone is 1. The maximum Gasteiger partial charge on any atom is 0.177 e. The van der Waals surface area contributed by atoms with Gasteiger partial charge in [0.05, 0.1) is 18.8 Å². The fourth-order valence-electron chi connectivity index (χ4n) is 9.86. The highest BCUT2D eigenvalue weighted by molar-refractivity contribution is 5.28. The molecule has 216 valence electrons. The molecule has 5 nitrogen and oxygen atoms in total. The van der Waals surface area contributed by atoms with Crippen LogP contribution in [-0.2, 0) is 9.47 Å². The van der Waals surface area contributed by atoms with Gasteiger partial charge in [-0.1, -0.05) is 71.6 Å². The first-order chi connectivity index (χ1) is 18.1. The molecule has 0 amide bonds. The molecule has 12 atom stereocenters. The van der Waals surface area contributed by atoms with E-state index in [0.29, 0.717) is 23.7 Å². The van der Waals surface area contributed by atoms with Crippen molar-refractivity contribution in [2.75, 3.05) is 6.61 Å². The first kappa shape index (κ1) is 28.8. The molecule has 5 heteroatoms. The van der Waals surface area contributed by atoms with E-state index in [1.54, 1.807) is 12.2 Å². The molecular formula is C33H54O5. The standard InChI is InChI=1S/C33H54O5/c1-20(2)7-6-8-21(3)25-11-12-26-24-10-9-22-17-23(37-31-14-13-28(35)29(19-34)38-31)18-30(36)33(22,5)27(24)15-16-32(25,26)4/h9,13-14,20-21,23-31,34-36H,6-8,10-12,15-19H2,1-5H3/t21-,23?,24+,25-,26+,27+,28+,29-,30?,31+,32-,33+/m1/s1. The van der Waals surface area contributed by atoms with Gasteiger partial charge in [-0.2, -0.15) is 0 Å². The lowest BCUT2D eigenvalue weighted by Crippen LogP contribution is -2.56. The third kappa shape index (κ3) is 5.09. The molecule has 0 saturated heterocycles. The highest BCUT2D eigenvalue weighted by Crippen LogP contribution is 2.67. The number of aliphatic hydroxyl groups excluding tert-OH is 3. The van der Waals surface area contributed by atoms with Crippen molar-refractivity contribution in [1.29, 1.82) is 0 Å². The van der Waals surface area contributed by atoms with Gasteiger partial charge in [0.25, 0.3) is 0 Å². The van der Waals surface area contributed by atoms with E-state index in [4.69, 9.17) is 9.47 Å². The number of hydrogen-bond donors (Lipinski definition) is 3. The Kier molecular flexibility index (Phi) is 8.55. The lowest BCUT2D eigenvalue weighted by Gasteiger charge is -2.60. The predicted octanol–water partition coefficient (Wildman–Crippen LogP) is 6.02. The minimum Gasteiger partial charge on any atom is -0.394 e. The summed E-state index contributed by atoms with van der Waals surface area (Å²) in [6.07, 6.45) is 15.2. The summed E-state index contributed by atoms with van der Waals surface area (Å²) >= 11 is 0. The second-order valence-corrected chi connectivity index (χ2v) is 14.5. The van der Waals surface area contributed by atoms with Crippen LogP contribution in [0, 0.1) is 46.3 Å². The van der Waals surface area contributed by atoms with Crippen molar-refractivity contribution < 1.29 is 24.8 Å². The van der Waals surface area contributed by atoms with Crippen molar-refractivity contribution >= 4 is 0 Å². The molecule has 0 bridgehead atoms. The molecule has 4 aliphatic carbocycles. The maximum atomic E-state index is 11.7. The molecule has 38 heavy (non-hydrogen) atoms. The van der Waals surface area contributed by atoms with Crippen molar-refractivity contribution in [3.63, 3.8) is 0 Å². The molecular weight excluding hydrogens is 476 g/mol. The van der Waals surface area contributed by atoms with Crippen LogP contribution in [0.5, 0.6) is 0 Å². The Labute approximate surface area is 231 Å². The minimum absolute atomic E-state index is 0.124. The largest absolute Gasteiger partial charge is 0.394 e. The van der Waals surface area contributed by atoms with Gasteiger partial charge in [-0.15, -0.1) is 0 Å². The Hall–Kier alpha value is -0.720. The van der Waals surface area contributed by atoms with Crippen molar-refractivity contribution in [2.24, 2.45) is 46.3 Å². The minimum atomic E-state index is -0.812. The van der Waals surface area contributed by atoms with Crippen LogP contribution in [0.4, 0.5) is 0 Å². The summed E-state index contributed by atoms with van der Waals surface area (Å²) in [6.45, 7) is 11.9. The predicted molar refractivity (Wildman–Crippen MR) is 150 cm³/mol. The Morgan fingerprint density at radius 3 is 2.58 bits per heavy atom. The van der Waals surface area contributed by atoms with Gasteiger partial charge in [-0.05, 0) is 85.5 Å². The number of aliphatic hydroxyl groups is 3. The number of fused-ring (bicyclic) bond motifs is 5. The number of hydrogen-bond acceptors (Lipinski definition) is 5. The van der Waals surface area contributed by atoms with E-state index < -0.39 is 24.6 Å². The van der Waals surface area contributed by atoms with Gasteiger partial charge in [-0.3, -0.25) is 0 Å². The molecule has 3 saturated carbocycles. The molecule has 0 aromatic rings. The quantitative estimate of drug-likeness (QED) is 0.335. The van der Waals surface area contributed by atoms with Gasteiger partial charge in [0, 0.05) is 11.8 Å². The van der Waals surface area contributed by atoms with Crippen LogP contribution < -0.4 is 0 Å². The monoisotopic (exact) mass is 530 g/mol. The smallest absolute Gasteiger partial charge is 0.177 e. The Balaban J connectivity index is 1.27. The summed E-state index contributed by atoms with van der Waals surface area (Å²) in [6, 6.07) is 0.